The monoisotopic (exact) mass is 429 g/mol. The van der Waals surface area contributed by atoms with Crippen molar-refractivity contribution in [3.63, 3.8) is 0 Å². The summed E-state index contributed by atoms with van der Waals surface area (Å²) >= 11 is 9.20. The fraction of sp³-hybridized carbons (Fsp3) is 0.176. The van der Waals surface area contributed by atoms with Crippen LogP contribution in [0.3, 0.4) is 0 Å². The molecule has 0 heterocycles. The highest BCUT2D eigenvalue weighted by Crippen LogP contribution is 2.28. The third kappa shape index (κ3) is 5.34. The van der Waals surface area contributed by atoms with E-state index in [1.54, 1.807) is 44.4 Å². The highest BCUT2D eigenvalue weighted by Gasteiger charge is 2.14. The third-order valence-electron chi connectivity index (χ3n) is 3.33. The van der Waals surface area contributed by atoms with E-state index in [4.69, 9.17) is 16.3 Å². The first-order valence-electron chi connectivity index (χ1n) is 7.10. The zero-order valence-electron chi connectivity index (χ0n) is 13.2. The Hall–Kier alpha value is -1.34. The van der Waals surface area contributed by atoms with E-state index in [0.29, 0.717) is 10.8 Å². The van der Waals surface area contributed by atoms with Crippen molar-refractivity contribution in [3.8, 4) is 5.75 Å². The van der Waals surface area contributed by atoms with Crippen LogP contribution in [0.1, 0.15) is 24.1 Å². The quantitative estimate of drug-likeness (QED) is 0.718. The van der Waals surface area contributed by atoms with Crippen LogP contribution in [0.5, 0.6) is 5.75 Å². The Morgan fingerprint density at radius 1 is 1.21 bits per heavy atom. The van der Waals surface area contributed by atoms with Gasteiger partial charge in [-0.3, -0.25) is 0 Å². The summed E-state index contributed by atoms with van der Waals surface area (Å²) in [7, 11) is -2.00. The maximum Gasteiger partial charge on any atom is 0.234 e. The Kier molecular flexibility index (Phi) is 6.46. The molecular formula is C17H17BrClNO3S. The molecule has 2 aromatic rings. The van der Waals surface area contributed by atoms with Gasteiger partial charge in [-0.2, -0.15) is 0 Å². The van der Waals surface area contributed by atoms with E-state index in [1.807, 2.05) is 12.1 Å². The van der Waals surface area contributed by atoms with Crippen LogP contribution in [0.25, 0.3) is 6.08 Å². The van der Waals surface area contributed by atoms with Crippen LogP contribution in [-0.4, -0.2) is 15.5 Å². The predicted molar refractivity (Wildman–Crippen MR) is 102 cm³/mol. The average molecular weight is 431 g/mol. The van der Waals surface area contributed by atoms with Gasteiger partial charge in [-0.25, -0.2) is 13.1 Å². The molecule has 0 saturated heterocycles. The summed E-state index contributed by atoms with van der Waals surface area (Å²) in [4.78, 5) is 0. The Morgan fingerprint density at radius 2 is 1.88 bits per heavy atom. The number of methoxy groups -OCH3 is 1. The number of ether oxygens (including phenoxy) is 1. The molecule has 0 aliphatic carbocycles. The molecule has 1 unspecified atom stereocenters. The van der Waals surface area contributed by atoms with Crippen LogP contribution in [-0.2, 0) is 10.0 Å². The molecule has 1 atom stereocenters. The van der Waals surface area contributed by atoms with Gasteiger partial charge in [0.1, 0.15) is 5.75 Å². The standard InChI is InChI=1S/C17H17BrClNO3S/c1-12(14-5-8-17(23-2)16(18)11-14)20-24(21,22)10-9-13-3-6-15(19)7-4-13/h3-12,20H,1-2H3/b10-9+. The first kappa shape index (κ1) is 19.0. The van der Waals surface area contributed by atoms with Gasteiger partial charge in [0.2, 0.25) is 10.0 Å². The molecule has 2 aromatic carbocycles. The van der Waals surface area contributed by atoms with E-state index < -0.39 is 10.0 Å². The molecule has 0 bridgehead atoms. The van der Waals surface area contributed by atoms with Crippen molar-refractivity contribution in [3.05, 3.63) is 68.5 Å². The Labute approximate surface area is 155 Å². The Balaban J connectivity index is 2.10. The van der Waals surface area contributed by atoms with E-state index in [0.717, 1.165) is 21.0 Å². The van der Waals surface area contributed by atoms with Crippen molar-refractivity contribution in [2.24, 2.45) is 0 Å². The lowest BCUT2D eigenvalue weighted by Gasteiger charge is -2.14. The zero-order valence-corrected chi connectivity index (χ0v) is 16.3. The molecule has 0 amide bonds. The van der Waals surface area contributed by atoms with E-state index in [-0.39, 0.29) is 6.04 Å². The van der Waals surface area contributed by atoms with Gasteiger partial charge in [-0.05, 0) is 64.3 Å². The number of benzene rings is 2. The molecule has 0 fully saturated rings. The second-order valence-corrected chi connectivity index (χ2v) is 8.02. The van der Waals surface area contributed by atoms with Gasteiger partial charge in [0.15, 0.2) is 0 Å². The second kappa shape index (κ2) is 8.16. The van der Waals surface area contributed by atoms with Gasteiger partial charge in [0, 0.05) is 16.5 Å². The molecule has 0 saturated carbocycles. The lowest BCUT2D eigenvalue weighted by Crippen LogP contribution is -2.24. The van der Waals surface area contributed by atoms with Crippen LogP contribution in [0, 0.1) is 0 Å². The predicted octanol–water partition coefficient (Wildman–Crippen LogP) is 4.76. The van der Waals surface area contributed by atoms with Crippen LogP contribution in [0.15, 0.2) is 52.3 Å². The molecule has 0 radical (unpaired) electrons. The number of hydrogen-bond acceptors (Lipinski definition) is 3. The first-order valence-corrected chi connectivity index (χ1v) is 9.82. The van der Waals surface area contributed by atoms with E-state index in [1.165, 1.54) is 6.08 Å². The second-order valence-electron chi connectivity index (χ2n) is 5.13. The topological polar surface area (TPSA) is 55.4 Å². The normalized spacial score (nSPS) is 13.2. The minimum Gasteiger partial charge on any atom is -0.496 e. The van der Waals surface area contributed by atoms with Crippen LogP contribution >= 0.6 is 27.5 Å². The van der Waals surface area contributed by atoms with Crippen LogP contribution in [0.4, 0.5) is 0 Å². The fourth-order valence-electron chi connectivity index (χ4n) is 2.05. The molecule has 4 nitrogen and oxygen atoms in total. The summed E-state index contributed by atoms with van der Waals surface area (Å²) in [5.41, 5.74) is 1.58. The molecule has 7 heteroatoms. The van der Waals surface area contributed by atoms with Crippen LogP contribution < -0.4 is 9.46 Å². The number of halogens is 2. The van der Waals surface area contributed by atoms with Gasteiger partial charge in [-0.1, -0.05) is 29.8 Å². The van der Waals surface area contributed by atoms with Gasteiger partial charge >= 0.3 is 0 Å². The summed E-state index contributed by atoms with van der Waals surface area (Å²) in [5, 5.41) is 1.75. The molecule has 0 spiro atoms. The van der Waals surface area contributed by atoms with E-state index >= 15 is 0 Å². The summed E-state index contributed by atoms with van der Waals surface area (Å²) < 4.78 is 33.0. The van der Waals surface area contributed by atoms with Crippen molar-refractivity contribution in [2.45, 2.75) is 13.0 Å². The highest BCUT2D eigenvalue weighted by atomic mass is 79.9. The first-order chi connectivity index (χ1) is 11.3. The summed E-state index contributed by atoms with van der Waals surface area (Å²) in [6.45, 7) is 1.78. The summed E-state index contributed by atoms with van der Waals surface area (Å²) in [5.74, 6) is 0.691. The molecule has 0 aromatic heterocycles. The average Bonchev–Trinajstić information content (AvgIpc) is 2.54. The van der Waals surface area contributed by atoms with Gasteiger partial charge in [0.05, 0.1) is 11.6 Å². The largest absolute Gasteiger partial charge is 0.496 e. The van der Waals surface area contributed by atoms with Gasteiger partial charge < -0.3 is 4.74 Å². The molecule has 1 N–H and O–H groups in total. The van der Waals surface area contributed by atoms with E-state index in [2.05, 4.69) is 20.7 Å². The number of nitrogens with one attached hydrogen (secondary N) is 1. The maximum atomic E-state index is 12.2. The fourth-order valence-corrected chi connectivity index (χ4v) is 3.78. The summed E-state index contributed by atoms with van der Waals surface area (Å²) in [6.07, 6.45) is 1.52. The number of hydrogen-bond donors (Lipinski definition) is 1. The number of sulfonamides is 1. The Morgan fingerprint density at radius 3 is 2.46 bits per heavy atom. The van der Waals surface area contributed by atoms with E-state index in [9.17, 15) is 8.42 Å². The van der Waals surface area contributed by atoms with Gasteiger partial charge in [0.25, 0.3) is 0 Å². The van der Waals surface area contributed by atoms with Crippen molar-refractivity contribution in [2.75, 3.05) is 7.11 Å². The highest BCUT2D eigenvalue weighted by molar-refractivity contribution is 9.10. The van der Waals surface area contributed by atoms with Crippen molar-refractivity contribution in [1.29, 1.82) is 0 Å². The maximum absolute atomic E-state index is 12.2. The van der Waals surface area contributed by atoms with Crippen molar-refractivity contribution < 1.29 is 13.2 Å². The zero-order chi connectivity index (χ0) is 17.7. The Bertz CT molecular complexity index is 835. The lowest BCUT2D eigenvalue weighted by molar-refractivity contribution is 0.412. The minimum atomic E-state index is -3.58. The smallest absolute Gasteiger partial charge is 0.234 e. The summed E-state index contributed by atoms with van der Waals surface area (Å²) in [6, 6.07) is 12.0. The molecule has 128 valence electrons. The third-order valence-corrected chi connectivity index (χ3v) is 5.37. The SMILES string of the molecule is COc1ccc(C(C)NS(=O)(=O)/C=C/c2ccc(Cl)cc2)cc1Br. The lowest BCUT2D eigenvalue weighted by atomic mass is 10.1. The van der Waals surface area contributed by atoms with Crippen molar-refractivity contribution >= 4 is 43.6 Å². The van der Waals surface area contributed by atoms with Crippen molar-refractivity contribution in [1.82, 2.24) is 4.72 Å². The molecule has 2 rings (SSSR count). The van der Waals surface area contributed by atoms with Crippen LogP contribution in [0.2, 0.25) is 5.02 Å². The molecule has 24 heavy (non-hydrogen) atoms. The molecule has 0 aliphatic rings. The minimum absolute atomic E-state index is 0.382. The number of rotatable bonds is 6. The molecular weight excluding hydrogens is 414 g/mol. The van der Waals surface area contributed by atoms with Gasteiger partial charge in [-0.15, -0.1) is 0 Å². The molecule has 0 aliphatic heterocycles.